The van der Waals surface area contributed by atoms with E-state index >= 15 is 0 Å². The van der Waals surface area contributed by atoms with E-state index in [4.69, 9.17) is 9.31 Å². The van der Waals surface area contributed by atoms with Gasteiger partial charge in [-0.3, -0.25) is 9.59 Å². The Morgan fingerprint density at radius 1 is 1.17 bits per heavy atom. The van der Waals surface area contributed by atoms with E-state index in [9.17, 15) is 9.59 Å². The third-order valence-corrected chi connectivity index (χ3v) is 7.57. The highest BCUT2D eigenvalue weighted by Crippen LogP contribution is 2.64. The maximum absolute atomic E-state index is 12.2. The minimum absolute atomic E-state index is 0.235. The summed E-state index contributed by atoms with van der Waals surface area (Å²) in [5.74, 6) is 3.15. The molecule has 0 aromatic carbocycles. The molecule has 5 nitrogen and oxygen atoms in total. The summed E-state index contributed by atoms with van der Waals surface area (Å²) in [6.45, 7) is 7.41. The molecule has 2 bridgehead atoms. The van der Waals surface area contributed by atoms with Crippen LogP contribution in [0.2, 0.25) is 0 Å². The van der Waals surface area contributed by atoms with E-state index in [-0.39, 0.29) is 31.1 Å². The molecule has 0 aromatic rings. The zero-order valence-corrected chi connectivity index (χ0v) is 14.5. The Kier molecular flexibility index (Phi) is 2.92. The van der Waals surface area contributed by atoms with Gasteiger partial charge in [-0.25, -0.2) is 0 Å². The number of fused-ring (bicyclic) bond motifs is 4. The van der Waals surface area contributed by atoms with Crippen LogP contribution in [0.3, 0.4) is 0 Å². The molecule has 126 valence electrons. The number of quaternary nitrogens is 1. The SMILES string of the molecule is C/C=C/[B-]12OC(=O)C[N+]1(C1C[C@@H]3C[C@H]([C@H]1C)C3(C)C)CC(=O)O2. The quantitative estimate of drug-likeness (QED) is 0.731. The van der Waals surface area contributed by atoms with Crippen molar-refractivity contribution in [3.8, 4) is 0 Å². The van der Waals surface area contributed by atoms with Gasteiger partial charge in [0.05, 0.1) is 6.04 Å². The molecule has 5 fully saturated rings. The van der Waals surface area contributed by atoms with E-state index in [0.717, 1.165) is 6.42 Å². The number of nitrogens with zero attached hydrogens (tertiary/aromatic N) is 1. The van der Waals surface area contributed by atoms with Crippen LogP contribution in [0.1, 0.15) is 40.5 Å². The van der Waals surface area contributed by atoms with E-state index < -0.39 is 6.69 Å². The van der Waals surface area contributed by atoms with E-state index in [1.54, 1.807) is 0 Å². The molecule has 2 aliphatic heterocycles. The Hall–Kier alpha value is -1.30. The summed E-state index contributed by atoms with van der Waals surface area (Å²) >= 11 is 0. The summed E-state index contributed by atoms with van der Waals surface area (Å²) < 4.78 is 11.7. The first-order valence-corrected chi connectivity index (χ1v) is 8.84. The lowest BCUT2D eigenvalue weighted by atomic mass is 9.43. The van der Waals surface area contributed by atoms with Crippen LogP contribution < -0.4 is 0 Å². The van der Waals surface area contributed by atoms with E-state index in [1.807, 2.05) is 19.0 Å². The van der Waals surface area contributed by atoms with Crippen LogP contribution in [0.25, 0.3) is 0 Å². The molecule has 5 aliphatic rings. The fraction of sp³-hybridized carbons (Fsp3) is 0.765. The molecule has 5 rings (SSSR count). The number of rotatable bonds is 2. The highest BCUT2D eigenvalue weighted by molar-refractivity contribution is 6.71. The first-order valence-electron chi connectivity index (χ1n) is 8.84. The van der Waals surface area contributed by atoms with Crippen molar-refractivity contribution in [3.63, 3.8) is 0 Å². The zero-order chi connectivity index (χ0) is 16.6. The average Bonchev–Trinajstić information content (AvgIpc) is 2.84. The number of hydrogen-bond acceptors (Lipinski definition) is 4. The van der Waals surface area contributed by atoms with Crippen LogP contribution in [0, 0.1) is 23.2 Å². The van der Waals surface area contributed by atoms with Gasteiger partial charge in [0.15, 0.2) is 0 Å². The summed E-state index contributed by atoms with van der Waals surface area (Å²) in [7, 11) is 0. The molecular weight excluding hydrogens is 293 g/mol. The Bertz CT molecular complexity index is 594. The van der Waals surface area contributed by atoms with Gasteiger partial charge in [0.25, 0.3) is 0 Å². The second-order valence-corrected chi connectivity index (χ2v) is 8.68. The van der Waals surface area contributed by atoms with Gasteiger partial charge in [0.2, 0.25) is 0 Å². The smallest absolute Gasteiger partial charge is 0.596 e. The standard InChI is InChI=1S/C17H26BNO4/c1-5-6-18-19(9-15(20)22-18,10-16(21)23-18)14-8-12-7-13(11(14)2)17(12,3)4/h5-6,11-14H,7-10H2,1-4H3/b6-5+/t11-,12+,13-,14?,18?,19?/m1/s1. The Labute approximate surface area is 137 Å². The Morgan fingerprint density at radius 3 is 2.26 bits per heavy atom. The molecule has 2 heterocycles. The topological polar surface area (TPSA) is 52.6 Å². The van der Waals surface area contributed by atoms with Gasteiger partial charge in [0.1, 0.15) is 13.1 Å². The van der Waals surface area contributed by atoms with Crippen molar-refractivity contribution in [2.24, 2.45) is 23.2 Å². The molecule has 23 heavy (non-hydrogen) atoms. The van der Waals surface area contributed by atoms with E-state index in [1.165, 1.54) is 6.42 Å². The van der Waals surface area contributed by atoms with Crippen molar-refractivity contribution < 1.29 is 23.3 Å². The van der Waals surface area contributed by atoms with E-state index in [0.29, 0.717) is 27.6 Å². The lowest BCUT2D eigenvalue weighted by Gasteiger charge is -2.66. The summed E-state index contributed by atoms with van der Waals surface area (Å²) in [5.41, 5.74) is 0.375. The van der Waals surface area contributed by atoms with Gasteiger partial charge < -0.3 is 13.7 Å². The van der Waals surface area contributed by atoms with Crippen LogP contribution in [0.5, 0.6) is 0 Å². The van der Waals surface area contributed by atoms with Crippen LogP contribution in [0.4, 0.5) is 0 Å². The third-order valence-electron chi connectivity index (χ3n) is 7.57. The van der Waals surface area contributed by atoms with Crippen LogP contribution >= 0.6 is 0 Å². The third kappa shape index (κ3) is 1.68. The number of carbonyl (C=O) groups is 2. The molecule has 0 amide bonds. The monoisotopic (exact) mass is 319 g/mol. The molecule has 0 spiro atoms. The first kappa shape index (κ1) is 15.2. The van der Waals surface area contributed by atoms with Crippen molar-refractivity contribution >= 4 is 18.6 Å². The predicted octanol–water partition coefficient (Wildman–Crippen LogP) is 2.04. The summed E-state index contributed by atoms with van der Waals surface area (Å²) in [6, 6.07) is 0.265. The minimum atomic E-state index is -2.03. The fourth-order valence-electron chi connectivity index (χ4n) is 6.27. The lowest BCUT2D eigenvalue weighted by molar-refractivity contribution is -0.850. The highest BCUT2D eigenvalue weighted by Gasteiger charge is 2.71. The lowest BCUT2D eigenvalue weighted by Crippen LogP contribution is -2.73. The molecular formula is C17H26BNO4. The summed E-state index contributed by atoms with van der Waals surface area (Å²) in [6.07, 6.45) is 4.18. The van der Waals surface area contributed by atoms with Gasteiger partial charge >= 0.3 is 18.6 Å². The molecule has 0 aromatic heterocycles. The van der Waals surface area contributed by atoms with Gasteiger partial charge in [-0.15, -0.1) is 6.08 Å². The first-order chi connectivity index (χ1) is 10.8. The van der Waals surface area contributed by atoms with Crippen molar-refractivity contribution in [1.82, 2.24) is 0 Å². The molecule has 6 heteroatoms. The highest BCUT2D eigenvalue weighted by atomic mass is 16.7. The maximum Gasteiger partial charge on any atom is 0.607 e. The van der Waals surface area contributed by atoms with Gasteiger partial charge in [-0.05, 0) is 37.0 Å². The van der Waals surface area contributed by atoms with Gasteiger partial charge in [-0.1, -0.05) is 26.7 Å². The molecule has 2 saturated heterocycles. The largest absolute Gasteiger partial charge is 0.607 e. The normalized spacial score (nSPS) is 50.4. The minimum Gasteiger partial charge on any atom is -0.596 e. The number of carbonyl (C=O) groups excluding carboxylic acids is 2. The summed E-state index contributed by atoms with van der Waals surface area (Å²) in [5, 5.41) is 0. The van der Waals surface area contributed by atoms with Crippen molar-refractivity contribution in [2.45, 2.75) is 46.6 Å². The molecule has 0 radical (unpaired) electrons. The number of hydrogen-bond donors (Lipinski definition) is 0. The maximum atomic E-state index is 12.2. The molecule has 4 atom stereocenters. The van der Waals surface area contributed by atoms with Gasteiger partial charge in [0, 0.05) is 5.92 Å². The molecule has 3 saturated carbocycles. The van der Waals surface area contributed by atoms with Crippen molar-refractivity contribution in [3.05, 3.63) is 12.1 Å². The second-order valence-electron chi connectivity index (χ2n) is 8.68. The summed E-state index contributed by atoms with van der Waals surface area (Å²) in [4.78, 5) is 24.3. The average molecular weight is 319 g/mol. The van der Waals surface area contributed by atoms with Crippen LogP contribution in [-0.2, 0) is 18.9 Å². The van der Waals surface area contributed by atoms with E-state index in [2.05, 4.69) is 20.8 Å². The number of allylic oxidation sites excluding steroid dienone is 1. The second kappa shape index (κ2) is 4.41. The Morgan fingerprint density at radius 2 is 1.78 bits per heavy atom. The predicted molar refractivity (Wildman–Crippen MR) is 85.7 cm³/mol. The zero-order valence-electron chi connectivity index (χ0n) is 14.5. The van der Waals surface area contributed by atoms with Crippen LogP contribution in [0.15, 0.2) is 12.1 Å². The molecule has 0 N–H and O–H groups in total. The van der Waals surface area contributed by atoms with Crippen molar-refractivity contribution in [1.29, 1.82) is 0 Å². The van der Waals surface area contributed by atoms with Gasteiger partial charge in [-0.2, -0.15) is 0 Å². The molecule has 1 unspecified atom stereocenters. The van der Waals surface area contributed by atoms with Crippen molar-refractivity contribution in [2.75, 3.05) is 13.1 Å². The Balaban J connectivity index is 1.77. The molecule has 3 aliphatic carbocycles. The van der Waals surface area contributed by atoms with Crippen LogP contribution in [-0.4, -0.2) is 42.2 Å². The fourth-order valence-corrected chi connectivity index (χ4v) is 6.27.